The predicted octanol–water partition coefficient (Wildman–Crippen LogP) is 5.24. The number of fused-ring (bicyclic) bond motifs is 1. The second-order valence-electron chi connectivity index (χ2n) is 6.88. The zero-order valence-electron chi connectivity index (χ0n) is 17.1. The molecule has 0 aliphatic carbocycles. The summed E-state index contributed by atoms with van der Waals surface area (Å²) in [6.07, 6.45) is -4.86. The number of hydrogen-bond acceptors (Lipinski definition) is 6. The van der Waals surface area contributed by atoms with Crippen LogP contribution in [0.1, 0.15) is 16.2 Å². The van der Waals surface area contributed by atoms with Crippen LogP contribution < -0.4 is 10.1 Å². The van der Waals surface area contributed by atoms with Gasteiger partial charge in [0.05, 0.1) is 17.7 Å². The van der Waals surface area contributed by atoms with Crippen LogP contribution in [-0.2, 0) is 6.18 Å². The Morgan fingerprint density at radius 3 is 2.59 bits per heavy atom. The van der Waals surface area contributed by atoms with Gasteiger partial charge in [0.15, 0.2) is 17.0 Å². The molecular weight excluding hydrogens is 479 g/mol. The van der Waals surface area contributed by atoms with Crippen molar-refractivity contribution in [1.82, 2.24) is 14.6 Å². The SMILES string of the molecule is COc1cccc(-c2cc(C(F)(F)F)n3nc(C(=O)Nc4ccccc4[N+](=O)[O-])c(Cl)c3n2)c1. The maximum atomic E-state index is 13.9. The molecule has 2 aromatic carbocycles. The van der Waals surface area contributed by atoms with Crippen molar-refractivity contribution >= 4 is 34.5 Å². The van der Waals surface area contributed by atoms with Gasteiger partial charge in [0.25, 0.3) is 11.6 Å². The predicted molar refractivity (Wildman–Crippen MR) is 116 cm³/mol. The van der Waals surface area contributed by atoms with Crippen LogP contribution in [-0.4, -0.2) is 32.5 Å². The molecule has 0 atom stereocenters. The van der Waals surface area contributed by atoms with Crippen LogP contribution in [0.3, 0.4) is 0 Å². The number of ether oxygens (including phenoxy) is 1. The Bertz CT molecular complexity index is 1440. The second kappa shape index (κ2) is 8.63. The van der Waals surface area contributed by atoms with Crippen LogP contribution in [0.4, 0.5) is 24.5 Å². The standard InChI is InChI=1S/C21H13ClF3N5O4/c1-34-12-6-4-5-11(9-12)14-10-16(21(23,24)25)29-19(26-14)17(22)18(28-29)20(31)27-13-7-2-3-8-15(13)30(32)33/h2-10H,1H3,(H,27,31). The number of nitrogens with one attached hydrogen (secondary N) is 1. The van der Waals surface area contributed by atoms with Crippen molar-refractivity contribution in [2.45, 2.75) is 6.18 Å². The van der Waals surface area contributed by atoms with Crippen molar-refractivity contribution in [3.63, 3.8) is 0 Å². The van der Waals surface area contributed by atoms with Crippen molar-refractivity contribution in [1.29, 1.82) is 0 Å². The molecule has 174 valence electrons. The van der Waals surface area contributed by atoms with E-state index in [1.807, 2.05) is 0 Å². The lowest BCUT2D eigenvalue weighted by atomic mass is 10.1. The maximum Gasteiger partial charge on any atom is 0.433 e. The molecule has 2 heterocycles. The third kappa shape index (κ3) is 4.22. The fraction of sp³-hybridized carbons (Fsp3) is 0.0952. The van der Waals surface area contributed by atoms with E-state index in [-0.39, 0.29) is 11.4 Å². The highest BCUT2D eigenvalue weighted by Gasteiger charge is 2.37. The van der Waals surface area contributed by atoms with Gasteiger partial charge in [-0.1, -0.05) is 35.9 Å². The van der Waals surface area contributed by atoms with Gasteiger partial charge < -0.3 is 10.1 Å². The lowest BCUT2D eigenvalue weighted by Gasteiger charge is -2.11. The minimum absolute atomic E-state index is 0.0776. The van der Waals surface area contributed by atoms with Crippen molar-refractivity contribution in [3.8, 4) is 17.0 Å². The molecule has 0 aliphatic rings. The zero-order valence-corrected chi connectivity index (χ0v) is 17.9. The summed E-state index contributed by atoms with van der Waals surface area (Å²) in [5.74, 6) is -0.641. The van der Waals surface area contributed by atoms with Crippen molar-refractivity contribution in [3.05, 3.63) is 81.1 Å². The number of hydrogen-bond donors (Lipinski definition) is 1. The quantitative estimate of drug-likeness (QED) is 0.302. The number of carbonyl (C=O) groups is 1. The molecule has 1 amide bonds. The number of carbonyl (C=O) groups excluding carboxylic acids is 1. The van der Waals surface area contributed by atoms with E-state index in [2.05, 4.69) is 15.4 Å². The highest BCUT2D eigenvalue weighted by atomic mass is 35.5. The van der Waals surface area contributed by atoms with Gasteiger partial charge in [-0.3, -0.25) is 14.9 Å². The lowest BCUT2D eigenvalue weighted by Crippen LogP contribution is -2.16. The number of para-hydroxylation sites is 2. The van der Waals surface area contributed by atoms with E-state index in [0.717, 1.165) is 12.1 Å². The summed E-state index contributed by atoms with van der Waals surface area (Å²) in [6, 6.07) is 12.3. The van der Waals surface area contributed by atoms with Crippen LogP contribution in [0.2, 0.25) is 5.02 Å². The summed E-state index contributed by atoms with van der Waals surface area (Å²) in [6.45, 7) is 0. The number of halogens is 4. The van der Waals surface area contributed by atoms with E-state index in [0.29, 0.717) is 15.8 Å². The molecule has 4 rings (SSSR count). The van der Waals surface area contributed by atoms with Crippen molar-refractivity contribution in [2.75, 3.05) is 12.4 Å². The molecular formula is C21H13ClF3N5O4. The van der Waals surface area contributed by atoms with E-state index < -0.39 is 44.8 Å². The molecule has 4 aromatic rings. The molecule has 0 saturated heterocycles. The number of anilines is 1. The Balaban J connectivity index is 1.85. The highest BCUT2D eigenvalue weighted by molar-refractivity contribution is 6.37. The number of nitro groups is 1. The Morgan fingerprint density at radius 1 is 1.18 bits per heavy atom. The lowest BCUT2D eigenvalue weighted by molar-refractivity contribution is -0.383. The molecule has 13 heteroatoms. The summed E-state index contributed by atoms with van der Waals surface area (Å²) in [4.78, 5) is 27.4. The third-order valence-corrected chi connectivity index (χ3v) is 5.10. The van der Waals surface area contributed by atoms with E-state index in [9.17, 15) is 28.1 Å². The first-order chi connectivity index (χ1) is 16.1. The highest BCUT2D eigenvalue weighted by Crippen LogP contribution is 2.35. The van der Waals surface area contributed by atoms with E-state index >= 15 is 0 Å². The number of rotatable bonds is 5. The average Bonchev–Trinajstić information content (AvgIpc) is 3.14. The van der Waals surface area contributed by atoms with Crippen LogP contribution in [0.5, 0.6) is 5.75 Å². The molecule has 0 unspecified atom stereocenters. The molecule has 9 nitrogen and oxygen atoms in total. The smallest absolute Gasteiger partial charge is 0.433 e. The second-order valence-corrected chi connectivity index (χ2v) is 7.26. The number of nitrogens with zero attached hydrogens (tertiary/aromatic N) is 4. The first-order valence-corrected chi connectivity index (χ1v) is 9.83. The summed E-state index contributed by atoms with van der Waals surface area (Å²) < 4.78 is 47.1. The molecule has 34 heavy (non-hydrogen) atoms. The normalized spacial score (nSPS) is 11.4. The minimum atomic E-state index is -4.86. The largest absolute Gasteiger partial charge is 0.497 e. The molecule has 2 aromatic heterocycles. The Hall–Kier alpha value is -4.19. The van der Waals surface area contributed by atoms with Gasteiger partial charge in [-0.05, 0) is 24.3 Å². The van der Waals surface area contributed by atoms with Crippen LogP contribution >= 0.6 is 11.6 Å². The first kappa shape index (κ1) is 23.0. The maximum absolute atomic E-state index is 13.9. The summed E-state index contributed by atoms with van der Waals surface area (Å²) >= 11 is 6.23. The van der Waals surface area contributed by atoms with Gasteiger partial charge in [0.2, 0.25) is 0 Å². The van der Waals surface area contributed by atoms with Gasteiger partial charge in [-0.15, -0.1) is 0 Å². The molecule has 0 radical (unpaired) electrons. The van der Waals surface area contributed by atoms with Crippen LogP contribution in [0.25, 0.3) is 16.9 Å². The van der Waals surface area contributed by atoms with Crippen molar-refractivity contribution < 1.29 is 27.6 Å². The van der Waals surface area contributed by atoms with Gasteiger partial charge in [-0.25, -0.2) is 9.50 Å². The molecule has 0 aliphatic heterocycles. The molecule has 0 bridgehead atoms. The minimum Gasteiger partial charge on any atom is -0.497 e. The molecule has 0 saturated carbocycles. The first-order valence-electron chi connectivity index (χ1n) is 9.46. The monoisotopic (exact) mass is 491 g/mol. The van der Waals surface area contributed by atoms with Crippen molar-refractivity contribution in [2.24, 2.45) is 0 Å². The fourth-order valence-electron chi connectivity index (χ4n) is 3.19. The Morgan fingerprint density at radius 2 is 1.91 bits per heavy atom. The molecule has 0 spiro atoms. The summed E-state index contributed by atoms with van der Waals surface area (Å²) in [7, 11) is 1.41. The average molecular weight is 492 g/mol. The van der Waals surface area contributed by atoms with Gasteiger partial charge >= 0.3 is 6.18 Å². The Labute approximate surface area is 193 Å². The van der Waals surface area contributed by atoms with Gasteiger partial charge in [-0.2, -0.15) is 18.3 Å². The number of benzene rings is 2. The number of amides is 1. The molecule has 1 N–H and O–H groups in total. The number of nitro benzene ring substituents is 1. The molecule has 0 fully saturated rings. The van der Waals surface area contributed by atoms with Gasteiger partial charge in [0, 0.05) is 11.6 Å². The summed E-state index contributed by atoms with van der Waals surface area (Å²) in [5.41, 5.74) is -2.57. The summed E-state index contributed by atoms with van der Waals surface area (Å²) in [5, 5.41) is 16.7. The topological polar surface area (TPSA) is 112 Å². The van der Waals surface area contributed by atoms with E-state index in [1.165, 1.54) is 37.4 Å². The van der Waals surface area contributed by atoms with Gasteiger partial charge in [0.1, 0.15) is 16.5 Å². The zero-order chi connectivity index (χ0) is 24.6. The van der Waals surface area contributed by atoms with E-state index in [1.54, 1.807) is 12.1 Å². The van der Waals surface area contributed by atoms with Crippen LogP contribution in [0.15, 0.2) is 54.6 Å². The Kier molecular flexibility index (Phi) is 5.83. The number of methoxy groups -OCH3 is 1. The fourth-order valence-corrected chi connectivity index (χ4v) is 3.43. The van der Waals surface area contributed by atoms with E-state index in [4.69, 9.17) is 16.3 Å². The number of aromatic nitrogens is 3. The van der Waals surface area contributed by atoms with Crippen LogP contribution in [0, 0.1) is 10.1 Å². The number of alkyl halides is 3. The third-order valence-electron chi connectivity index (χ3n) is 4.75.